The highest BCUT2D eigenvalue weighted by molar-refractivity contribution is 7.84. The lowest BCUT2D eigenvalue weighted by Crippen LogP contribution is -2.00. The first kappa shape index (κ1) is 5.19. The highest BCUT2D eigenvalue weighted by atomic mass is 32.1. The summed E-state index contributed by atoms with van der Waals surface area (Å²) in [5.74, 6) is 0. The van der Waals surface area contributed by atoms with E-state index in [0.717, 1.165) is 24.5 Å². The van der Waals surface area contributed by atoms with Crippen LogP contribution < -0.4 is 0 Å². The average molecular weight is 116 g/mol. The molecule has 1 heterocycles. The van der Waals surface area contributed by atoms with Crippen LogP contribution in [0.5, 0.6) is 0 Å². The summed E-state index contributed by atoms with van der Waals surface area (Å²) >= 11 is 4.14. The van der Waals surface area contributed by atoms with E-state index < -0.39 is 0 Å². The van der Waals surface area contributed by atoms with Gasteiger partial charge < -0.3 is 4.74 Å². The summed E-state index contributed by atoms with van der Waals surface area (Å²) in [4.78, 5) is 1.16. The van der Waals surface area contributed by atoms with E-state index in [1.54, 1.807) is 0 Å². The maximum Gasteiger partial charge on any atom is 0.0658 e. The minimum Gasteiger partial charge on any atom is -0.377 e. The normalized spacial score (nSPS) is 21.6. The molecule has 0 radical (unpaired) electrons. The van der Waals surface area contributed by atoms with Crippen molar-refractivity contribution in [2.75, 3.05) is 13.2 Å². The van der Waals surface area contributed by atoms with Crippen LogP contribution >= 0.6 is 12.6 Å². The molecule has 7 heavy (non-hydrogen) atoms. The van der Waals surface area contributed by atoms with E-state index in [1.807, 2.05) is 6.08 Å². The van der Waals surface area contributed by atoms with Gasteiger partial charge in [-0.2, -0.15) is 0 Å². The minimum atomic E-state index is 0.749. The van der Waals surface area contributed by atoms with Gasteiger partial charge in [-0.25, -0.2) is 0 Å². The van der Waals surface area contributed by atoms with Crippen molar-refractivity contribution in [2.24, 2.45) is 0 Å². The summed E-state index contributed by atoms with van der Waals surface area (Å²) < 4.78 is 5.01. The molecule has 0 atom stereocenters. The van der Waals surface area contributed by atoms with Gasteiger partial charge in [0.1, 0.15) is 0 Å². The van der Waals surface area contributed by atoms with Crippen LogP contribution in [0.15, 0.2) is 11.0 Å². The van der Waals surface area contributed by atoms with E-state index >= 15 is 0 Å². The fourth-order valence-corrected chi connectivity index (χ4v) is 0.683. The number of hydrogen-bond donors (Lipinski definition) is 1. The molecule has 0 aromatic heterocycles. The number of ether oxygens (including phenoxy) is 1. The Morgan fingerprint density at radius 2 is 2.57 bits per heavy atom. The third kappa shape index (κ3) is 1.53. The van der Waals surface area contributed by atoms with Crippen LogP contribution in [0.4, 0.5) is 0 Å². The maximum atomic E-state index is 5.01. The Hall–Kier alpha value is 0.0500. The summed E-state index contributed by atoms with van der Waals surface area (Å²) in [6.45, 7) is 1.59. The van der Waals surface area contributed by atoms with E-state index in [4.69, 9.17) is 4.74 Å². The SMILES string of the molecule is SC1=CCOCC1. The highest BCUT2D eigenvalue weighted by Crippen LogP contribution is 2.09. The van der Waals surface area contributed by atoms with Crippen molar-refractivity contribution in [3.63, 3.8) is 0 Å². The predicted molar refractivity (Wildman–Crippen MR) is 32.5 cm³/mol. The molecule has 1 rings (SSSR count). The van der Waals surface area contributed by atoms with Crippen molar-refractivity contribution in [3.05, 3.63) is 11.0 Å². The molecule has 0 bridgehead atoms. The van der Waals surface area contributed by atoms with E-state index in [-0.39, 0.29) is 0 Å². The van der Waals surface area contributed by atoms with E-state index in [9.17, 15) is 0 Å². The second kappa shape index (κ2) is 2.38. The molecule has 0 unspecified atom stereocenters. The average Bonchev–Trinajstić information content (AvgIpc) is 1.69. The van der Waals surface area contributed by atoms with E-state index in [0.29, 0.717) is 0 Å². The van der Waals surface area contributed by atoms with Gasteiger partial charge in [0.25, 0.3) is 0 Å². The standard InChI is InChI=1S/C5H8OS/c7-5-1-3-6-4-2-5/h1,7H,2-4H2. The molecular weight excluding hydrogens is 108 g/mol. The second-order valence-corrected chi connectivity index (χ2v) is 2.09. The first-order chi connectivity index (χ1) is 3.39. The summed E-state index contributed by atoms with van der Waals surface area (Å²) in [7, 11) is 0. The van der Waals surface area contributed by atoms with Crippen molar-refractivity contribution >= 4 is 12.6 Å². The summed E-state index contributed by atoms with van der Waals surface area (Å²) in [6.07, 6.45) is 2.98. The van der Waals surface area contributed by atoms with Crippen LogP contribution in [0.3, 0.4) is 0 Å². The molecular formula is C5H8OS. The zero-order chi connectivity index (χ0) is 5.11. The fraction of sp³-hybridized carbons (Fsp3) is 0.600. The molecule has 1 aliphatic rings. The molecule has 0 aromatic rings. The van der Waals surface area contributed by atoms with Crippen LogP contribution in [0.1, 0.15) is 6.42 Å². The molecule has 40 valence electrons. The first-order valence-electron chi connectivity index (χ1n) is 2.35. The van der Waals surface area contributed by atoms with Gasteiger partial charge in [-0.1, -0.05) is 0 Å². The minimum absolute atomic E-state index is 0.749. The number of thiol groups is 1. The monoisotopic (exact) mass is 116 g/mol. The van der Waals surface area contributed by atoms with Gasteiger partial charge in [-0.15, -0.1) is 12.6 Å². The topological polar surface area (TPSA) is 9.23 Å². The van der Waals surface area contributed by atoms with Gasteiger partial charge in [-0.3, -0.25) is 0 Å². The fourth-order valence-electron chi connectivity index (χ4n) is 0.517. The molecule has 0 saturated carbocycles. The van der Waals surface area contributed by atoms with Crippen LogP contribution in [0, 0.1) is 0 Å². The van der Waals surface area contributed by atoms with Crippen LogP contribution in [-0.2, 0) is 4.74 Å². The van der Waals surface area contributed by atoms with Crippen molar-refractivity contribution < 1.29 is 4.74 Å². The molecule has 0 N–H and O–H groups in total. The Morgan fingerprint density at radius 3 is 2.86 bits per heavy atom. The van der Waals surface area contributed by atoms with Gasteiger partial charge in [0.15, 0.2) is 0 Å². The quantitative estimate of drug-likeness (QED) is 0.468. The van der Waals surface area contributed by atoms with Crippen molar-refractivity contribution in [1.29, 1.82) is 0 Å². The molecule has 0 aromatic carbocycles. The lowest BCUT2D eigenvalue weighted by atomic mass is 10.3. The lowest BCUT2D eigenvalue weighted by Gasteiger charge is -2.06. The van der Waals surface area contributed by atoms with Gasteiger partial charge in [-0.05, 0) is 11.0 Å². The summed E-state index contributed by atoms with van der Waals surface area (Å²) in [5.41, 5.74) is 0. The van der Waals surface area contributed by atoms with Crippen molar-refractivity contribution in [2.45, 2.75) is 6.42 Å². The Bertz CT molecular complexity index is 88.1. The number of hydrogen-bond acceptors (Lipinski definition) is 2. The highest BCUT2D eigenvalue weighted by Gasteiger charge is 1.95. The zero-order valence-electron chi connectivity index (χ0n) is 4.05. The van der Waals surface area contributed by atoms with Gasteiger partial charge >= 0.3 is 0 Å². The third-order valence-electron chi connectivity index (χ3n) is 0.939. The Morgan fingerprint density at radius 1 is 1.71 bits per heavy atom. The first-order valence-corrected chi connectivity index (χ1v) is 2.80. The third-order valence-corrected chi connectivity index (χ3v) is 1.35. The van der Waals surface area contributed by atoms with Crippen LogP contribution in [0.2, 0.25) is 0 Å². The molecule has 0 amide bonds. The van der Waals surface area contributed by atoms with Crippen LogP contribution in [0.25, 0.3) is 0 Å². The van der Waals surface area contributed by atoms with Gasteiger partial charge in [0.05, 0.1) is 13.2 Å². The molecule has 0 saturated heterocycles. The number of rotatable bonds is 0. The molecule has 1 aliphatic heterocycles. The Kier molecular flexibility index (Phi) is 1.77. The maximum absolute atomic E-state index is 5.01. The van der Waals surface area contributed by atoms with Gasteiger partial charge in [0, 0.05) is 6.42 Å². The zero-order valence-corrected chi connectivity index (χ0v) is 4.95. The predicted octanol–water partition coefficient (Wildman–Crippen LogP) is 1.22. The van der Waals surface area contributed by atoms with E-state index in [2.05, 4.69) is 12.6 Å². The van der Waals surface area contributed by atoms with Crippen LogP contribution in [-0.4, -0.2) is 13.2 Å². The molecule has 1 nitrogen and oxygen atoms in total. The Balaban J connectivity index is 2.40. The van der Waals surface area contributed by atoms with E-state index in [1.165, 1.54) is 0 Å². The van der Waals surface area contributed by atoms with Crippen molar-refractivity contribution in [3.8, 4) is 0 Å². The molecule has 0 fully saturated rings. The molecule has 0 aliphatic carbocycles. The summed E-state index contributed by atoms with van der Waals surface area (Å²) in [5, 5.41) is 0. The molecule has 2 heteroatoms. The summed E-state index contributed by atoms with van der Waals surface area (Å²) in [6, 6.07) is 0. The Labute approximate surface area is 48.8 Å². The second-order valence-electron chi connectivity index (χ2n) is 1.52. The molecule has 0 spiro atoms. The van der Waals surface area contributed by atoms with Crippen molar-refractivity contribution in [1.82, 2.24) is 0 Å². The smallest absolute Gasteiger partial charge is 0.0658 e. The lowest BCUT2D eigenvalue weighted by molar-refractivity contribution is 0.157. The largest absolute Gasteiger partial charge is 0.377 e. The van der Waals surface area contributed by atoms with Gasteiger partial charge in [0.2, 0.25) is 0 Å².